The summed E-state index contributed by atoms with van der Waals surface area (Å²) in [4.78, 5) is 2.20. The average molecular weight is 264 g/mol. The fourth-order valence-electron chi connectivity index (χ4n) is 2.29. The van der Waals surface area contributed by atoms with Crippen molar-refractivity contribution in [2.75, 3.05) is 30.5 Å². The number of fused-ring (bicyclic) bond motifs is 1. The number of rotatable bonds is 2. The van der Waals surface area contributed by atoms with E-state index in [1.54, 1.807) is 6.20 Å². The van der Waals surface area contributed by atoms with E-state index in [1.807, 2.05) is 18.2 Å². The minimum absolute atomic E-state index is 0.167. The highest BCUT2D eigenvalue weighted by Crippen LogP contribution is 2.26. The molecule has 0 aliphatic carbocycles. The molecule has 94 valence electrons. The molecule has 5 heteroatoms. The number of ether oxygens (including phenoxy) is 1. The van der Waals surface area contributed by atoms with Gasteiger partial charge in [0.25, 0.3) is 0 Å². The molecule has 1 aliphatic heterocycles. The van der Waals surface area contributed by atoms with Gasteiger partial charge in [0.2, 0.25) is 0 Å². The first kappa shape index (κ1) is 11.7. The lowest BCUT2D eigenvalue weighted by atomic mass is 10.1. The maximum atomic E-state index is 6.01. The van der Waals surface area contributed by atoms with Crippen molar-refractivity contribution in [3.8, 4) is 0 Å². The number of benzene rings is 1. The first-order chi connectivity index (χ1) is 8.90. The number of halogens is 1. The standard InChI is InChI=1S/C13H14ClN3O/c14-7-11-9-18-6-5-17(11)13-12-4-2-1-3-10(12)8-15-16-13/h1-4,8,11H,5-7,9H2. The molecule has 2 heterocycles. The summed E-state index contributed by atoms with van der Waals surface area (Å²) in [5, 5.41) is 10.6. The first-order valence-corrected chi connectivity index (χ1v) is 6.54. The van der Waals surface area contributed by atoms with Crippen LogP contribution in [-0.4, -0.2) is 41.9 Å². The summed E-state index contributed by atoms with van der Waals surface area (Å²) in [6, 6.07) is 8.31. The summed E-state index contributed by atoms with van der Waals surface area (Å²) in [5.41, 5.74) is 0. The summed E-state index contributed by atoms with van der Waals surface area (Å²) in [6.07, 6.45) is 1.79. The minimum Gasteiger partial charge on any atom is -0.377 e. The smallest absolute Gasteiger partial charge is 0.159 e. The summed E-state index contributed by atoms with van der Waals surface area (Å²) < 4.78 is 5.46. The lowest BCUT2D eigenvalue weighted by Crippen LogP contribution is -2.47. The predicted octanol–water partition coefficient (Wildman–Crippen LogP) is 2.07. The SMILES string of the molecule is ClCC1COCCN1c1nncc2ccccc12. The maximum absolute atomic E-state index is 6.01. The molecule has 0 radical (unpaired) electrons. The van der Waals surface area contributed by atoms with Gasteiger partial charge in [-0.2, -0.15) is 5.10 Å². The average Bonchev–Trinajstić information content (AvgIpc) is 2.46. The molecule has 1 saturated heterocycles. The van der Waals surface area contributed by atoms with E-state index in [-0.39, 0.29) is 6.04 Å². The van der Waals surface area contributed by atoms with Gasteiger partial charge in [-0.1, -0.05) is 24.3 Å². The van der Waals surface area contributed by atoms with Gasteiger partial charge in [0.1, 0.15) is 0 Å². The Labute approximate surface area is 111 Å². The molecule has 1 aromatic carbocycles. The zero-order valence-electron chi connectivity index (χ0n) is 9.92. The van der Waals surface area contributed by atoms with E-state index in [0.29, 0.717) is 19.1 Å². The number of nitrogens with zero attached hydrogens (tertiary/aromatic N) is 3. The third-order valence-corrected chi connectivity index (χ3v) is 3.58. The summed E-state index contributed by atoms with van der Waals surface area (Å²) in [6.45, 7) is 2.16. The predicted molar refractivity (Wildman–Crippen MR) is 72.2 cm³/mol. The molecule has 2 aromatic rings. The summed E-state index contributed by atoms with van der Waals surface area (Å²) in [5.74, 6) is 1.44. The third kappa shape index (κ3) is 2.02. The molecular weight excluding hydrogens is 250 g/mol. The van der Waals surface area contributed by atoms with Crippen LogP contribution in [0.4, 0.5) is 5.82 Å². The van der Waals surface area contributed by atoms with Gasteiger partial charge in [0, 0.05) is 23.2 Å². The molecular formula is C13H14ClN3O. The Morgan fingerprint density at radius 1 is 1.39 bits per heavy atom. The van der Waals surface area contributed by atoms with Crippen LogP contribution in [0.25, 0.3) is 10.8 Å². The highest BCUT2D eigenvalue weighted by atomic mass is 35.5. The van der Waals surface area contributed by atoms with Gasteiger partial charge in [-0.25, -0.2) is 0 Å². The van der Waals surface area contributed by atoms with Crippen molar-refractivity contribution < 1.29 is 4.74 Å². The van der Waals surface area contributed by atoms with Crippen molar-refractivity contribution >= 4 is 28.2 Å². The molecule has 0 bridgehead atoms. The molecule has 1 atom stereocenters. The number of morpholine rings is 1. The van der Waals surface area contributed by atoms with E-state index < -0.39 is 0 Å². The Kier molecular flexibility index (Phi) is 3.30. The van der Waals surface area contributed by atoms with Gasteiger partial charge >= 0.3 is 0 Å². The van der Waals surface area contributed by atoms with Crippen LogP contribution < -0.4 is 4.90 Å². The van der Waals surface area contributed by atoms with Crippen LogP contribution in [0.5, 0.6) is 0 Å². The Morgan fingerprint density at radius 3 is 3.17 bits per heavy atom. The van der Waals surface area contributed by atoms with Crippen LogP contribution in [0.3, 0.4) is 0 Å². The van der Waals surface area contributed by atoms with Crippen molar-refractivity contribution in [3.05, 3.63) is 30.5 Å². The molecule has 1 aliphatic rings. The number of alkyl halides is 1. The number of hydrogen-bond acceptors (Lipinski definition) is 4. The second-order valence-electron chi connectivity index (χ2n) is 4.33. The van der Waals surface area contributed by atoms with Gasteiger partial charge in [-0.15, -0.1) is 16.7 Å². The van der Waals surface area contributed by atoms with Crippen LogP contribution in [0.15, 0.2) is 30.5 Å². The van der Waals surface area contributed by atoms with Crippen LogP contribution >= 0.6 is 11.6 Å². The monoisotopic (exact) mass is 263 g/mol. The summed E-state index contributed by atoms with van der Waals surface area (Å²) >= 11 is 6.01. The van der Waals surface area contributed by atoms with Gasteiger partial charge < -0.3 is 9.64 Å². The number of aromatic nitrogens is 2. The Morgan fingerprint density at radius 2 is 2.28 bits per heavy atom. The van der Waals surface area contributed by atoms with Crippen molar-refractivity contribution in [2.24, 2.45) is 0 Å². The van der Waals surface area contributed by atoms with E-state index in [9.17, 15) is 0 Å². The lowest BCUT2D eigenvalue weighted by Gasteiger charge is -2.35. The quantitative estimate of drug-likeness (QED) is 0.778. The van der Waals surface area contributed by atoms with Crippen LogP contribution in [0, 0.1) is 0 Å². The van der Waals surface area contributed by atoms with E-state index in [1.165, 1.54) is 0 Å². The normalized spacial score (nSPS) is 20.3. The minimum atomic E-state index is 0.167. The highest BCUT2D eigenvalue weighted by molar-refractivity contribution is 6.18. The molecule has 0 amide bonds. The second kappa shape index (κ2) is 5.08. The van der Waals surface area contributed by atoms with Crippen LogP contribution in [-0.2, 0) is 4.74 Å². The fraction of sp³-hybridized carbons (Fsp3) is 0.385. The maximum Gasteiger partial charge on any atom is 0.159 e. The second-order valence-corrected chi connectivity index (χ2v) is 4.64. The van der Waals surface area contributed by atoms with Crippen LogP contribution in [0.1, 0.15) is 0 Å². The molecule has 0 N–H and O–H groups in total. The van der Waals surface area contributed by atoms with Crippen molar-refractivity contribution in [3.63, 3.8) is 0 Å². The van der Waals surface area contributed by atoms with E-state index >= 15 is 0 Å². The molecule has 18 heavy (non-hydrogen) atoms. The van der Waals surface area contributed by atoms with E-state index in [4.69, 9.17) is 16.3 Å². The fourth-order valence-corrected chi connectivity index (χ4v) is 2.54. The number of hydrogen-bond donors (Lipinski definition) is 0. The number of anilines is 1. The van der Waals surface area contributed by atoms with Crippen molar-refractivity contribution in [1.29, 1.82) is 0 Å². The van der Waals surface area contributed by atoms with Gasteiger partial charge in [0.15, 0.2) is 5.82 Å². The molecule has 0 saturated carbocycles. The molecule has 1 aromatic heterocycles. The largest absolute Gasteiger partial charge is 0.377 e. The molecule has 3 rings (SSSR count). The van der Waals surface area contributed by atoms with E-state index in [2.05, 4.69) is 21.2 Å². The summed E-state index contributed by atoms with van der Waals surface area (Å²) in [7, 11) is 0. The molecule has 1 unspecified atom stereocenters. The lowest BCUT2D eigenvalue weighted by molar-refractivity contribution is 0.0994. The van der Waals surface area contributed by atoms with Crippen molar-refractivity contribution in [1.82, 2.24) is 10.2 Å². The molecule has 1 fully saturated rings. The van der Waals surface area contributed by atoms with Gasteiger partial charge in [-0.3, -0.25) is 0 Å². The van der Waals surface area contributed by atoms with Gasteiger partial charge in [0.05, 0.1) is 25.5 Å². The van der Waals surface area contributed by atoms with Crippen LogP contribution in [0.2, 0.25) is 0 Å². The molecule has 4 nitrogen and oxygen atoms in total. The Balaban J connectivity index is 2.07. The Hall–Kier alpha value is -1.39. The molecule has 0 spiro atoms. The van der Waals surface area contributed by atoms with E-state index in [0.717, 1.165) is 23.1 Å². The third-order valence-electron chi connectivity index (χ3n) is 3.23. The highest BCUT2D eigenvalue weighted by Gasteiger charge is 2.25. The first-order valence-electron chi connectivity index (χ1n) is 6.01. The van der Waals surface area contributed by atoms with Crippen molar-refractivity contribution in [2.45, 2.75) is 6.04 Å². The zero-order valence-corrected chi connectivity index (χ0v) is 10.7. The van der Waals surface area contributed by atoms with Gasteiger partial charge in [-0.05, 0) is 0 Å². The Bertz CT molecular complexity index is 543. The zero-order chi connectivity index (χ0) is 12.4. The topological polar surface area (TPSA) is 38.2 Å².